The van der Waals surface area contributed by atoms with Gasteiger partial charge < -0.3 is 5.32 Å². The van der Waals surface area contributed by atoms with Crippen LogP contribution in [0.1, 0.15) is 43.9 Å². The van der Waals surface area contributed by atoms with Crippen LogP contribution in [-0.2, 0) is 20.3 Å². The van der Waals surface area contributed by atoms with Gasteiger partial charge in [0.2, 0.25) is 5.91 Å². The van der Waals surface area contributed by atoms with Crippen LogP contribution in [0, 0.1) is 5.92 Å². The Morgan fingerprint density at radius 1 is 1.33 bits per heavy atom. The average Bonchev–Trinajstić information content (AvgIpc) is 2.88. The lowest BCUT2D eigenvalue weighted by Crippen LogP contribution is -2.38. The molecule has 0 aromatic carbocycles. The van der Waals surface area contributed by atoms with Crippen LogP contribution in [-0.4, -0.2) is 20.4 Å². The zero-order chi connectivity index (χ0) is 15.5. The van der Waals surface area contributed by atoms with Gasteiger partial charge in [-0.1, -0.05) is 13.3 Å². The van der Waals surface area contributed by atoms with Crippen molar-refractivity contribution in [2.75, 3.05) is 0 Å². The van der Waals surface area contributed by atoms with Gasteiger partial charge in [-0.15, -0.1) is 11.3 Å². The Labute approximate surface area is 134 Å². The second-order valence-electron chi connectivity index (χ2n) is 5.53. The molecule has 0 radical (unpaired) electrons. The predicted octanol–water partition coefficient (Wildman–Crippen LogP) is 3.30. The van der Waals surface area contributed by atoms with Gasteiger partial charge in [-0.3, -0.25) is 4.79 Å². The summed E-state index contributed by atoms with van der Waals surface area (Å²) in [6.45, 7) is 2.21. The molecule has 2 rings (SSSR count). The quantitative estimate of drug-likeness (QED) is 0.829. The van der Waals surface area contributed by atoms with Gasteiger partial charge in [-0.2, -0.15) is 0 Å². The summed E-state index contributed by atoms with van der Waals surface area (Å²) < 4.78 is 22.5. The van der Waals surface area contributed by atoms with Crippen molar-refractivity contribution in [1.29, 1.82) is 0 Å². The third kappa shape index (κ3) is 4.97. The molecule has 1 fully saturated rings. The molecule has 1 aromatic heterocycles. The number of carbonyl (C=O) groups excluding carboxylic acids is 1. The molecule has 1 heterocycles. The van der Waals surface area contributed by atoms with E-state index in [0.29, 0.717) is 4.88 Å². The Morgan fingerprint density at radius 2 is 2.00 bits per heavy atom. The van der Waals surface area contributed by atoms with Gasteiger partial charge in [0, 0.05) is 21.6 Å². The fourth-order valence-electron chi connectivity index (χ4n) is 2.74. The number of hydrogen-bond donors (Lipinski definition) is 1. The molecule has 1 aliphatic carbocycles. The lowest BCUT2D eigenvalue weighted by atomic mass is 9.84. The maximum Gasteiger partial charge on any atom is 0.270 e. The van der Waals surface area contributed by atoms with E-state index in [2.05, 4.69) is 12.2 Å². The van der Waals surface area contributed by atoms with E-state index in [1.54, 1.807) is 6.07 Å². The topological polar surface area (TPSA) is 63.2 Å². The number of nitrogens with one attached hydrogen (secondary N) is 1. The number of halogens is 1. The van der Waals surface area contributed by atoms with Crippen LogP contribution in [0.25, 0.3) is 0 Å². The molecule has 0 unspecified atom stereocenters. The molecule has 1 amide bonds. The van der Waals surface area contributed by atoms with Crippen LogP contribution in [0.15, 0.2) is 16.3 Å². The van der Waals surface area contributed by atoms with Gasteiger partial charge in [0.1, 0.15) is 4.21 Å². The summed E-state index contributed by atoms with van der Waals surface area (Å²) in [5.41, 5.74) is 0. The smallest absolute Gasteiger partial charge is 0.270 e. The van der Waals surface area contributed by atoms with E-state index in [0.717, 1.165) is 30.1 Å². The van der Waals surface area contributed by atoms with Crippen LogP contribution in [0.5, 0.6) is 0 Å². The molecule has 1 saturated carbocycles. The molecule has 1 N–H and O–H groups in total. The lowest BCUT2D eigenvalue weighted by Gasteiger charge is -2.28. The first-order valence-corrected chi connectivity index (χ1v) is 10.3. The highest BCUT2D eigenvalue weighted by atomic mass is 35.7. The SMILES string of the molecule is CCC1CCC(NC(=O)Cc2ccc(S(=O)(=O)Cl)s2)CC1. The zero-order valence-electron chi connectivity index (χ0n) is 12.0. The Balaban J connectivity index is 1.84. The minimum atomic E-state index is -3.70. The minimum absolute atomic E-state index is 0.0460. The lowest BCUT2D eigenvalue weighted by molar-refractivity contribution is -0.121. The van der Waals surface area contributed by atoms with E-state index in [1.807, 2.05) is 0 Å². The molecule has 4 nitrogen and oxygen atoms in total. The zero-order valence-corrected chi connectivity index (χ0v) is 14.4. The molecule has 1 aliphatic rings. The maximum atomic E-state index is 12.0. The summed E-state index contributed by atoms with van der Waals surface area (Å²) in [5.74, 6) is 0.752. The molecule has 0 bridgehead atoms. The van der Waals surface area contributed by atoms with Gasteiger partial charge in [-0.25, -0.2) is 8.42 Å². The molecule has 1 aromatic rings. The van der Waals surface area contributed by atoms with E-state index in [-0.39, 0.29) is 22.6 Å². The monoisotopic (exact) mass is 349 g/mol. The standard InChI is InChI=1S/C14H20ClNO3S2/c1-2-10-3-5-11(6-4-10)16-13(17)9-12-7-8-14(20-12)21(15,18)19/h7-8,10-11H,2-6,9H2,1H3,(H,16,17). The van der Waals surface area contributed by atoms with Crippen LogP contribution < -0.4 is 5.32 Å². The highest BCUT2D eigenvalue weighted by Crippen LogP contribution is 2.27. The second kappa shape index (κ2) is 7.11. The molecule has 0 saturated heterocycles. The van der Waals surface area contributed by atoms with Gasteiger partial charge in [0.05, 0.1) is 6.42 Å². The largest absolute Gasteiger partial charge is 0.353 e. The molecule has 118 valence electrons. The number of amides is 1. The van der Waals surface area contributed by atoms with Crippen molar-refractivity contribution in [2.24, 2.45) is 5.92 Å². The molecule has 0 atom stereocenters. The molecule has 21 heavy (non-hydrogen) atoms. The Kier molecular flexibility index (Phi) is 5.68. The first kappa shape index (κ1) is 16.8. The van der Waals surface area contributed by atoms with E-state index in [1.165, 1.54) is 25.3 Å². The fourth-order valence-corrected chi connectivity index (χ4v) is 4.86. The van der Waals surface area contributed by atoms with Crippen LogP contribution in [0.3, 0.4) is 0 Å². The van der Waals surface area contributed by atoms with Crippen molar-refractivity contribution in [1.82, 2.24) is 5.32 Å². The van der Waals surface area contributed by atoms with E-state index >= 15 is 0 Å². The predicted molar refractivity (Wildman–Crippen MR) is 85.2 cm³/mol. The number of hydrogen-bond acceptors (Lipinski definition) is 4. The van der Waals surface area contributed by atoms with Gasteiger partial charge in [-0.05, 0) is 43.7 Å². The maximum absolute atomic E-state index is 12.0. The van der Waals surface area contributed by atoms with Crippen LogP contribution in [0.4, 0.5) is 0 Å². The molecular weight excluding hydrogens is 330 g/mol. The van der Waals surface area contributed by atoms with Crippen molar-refractivity contribution >= 4 is 37.0 Å². The van der Waals surface area contributed by atoms with Crippen LogP contribution in [0.2, 0.25) is 0 Å². The van der Waals surface area contributed by atoms with E-state index < -0.39 is 9.05 Å². The van der Waals surface area contributed by atoms with Crippen LogP contribution >= 0.6 is 22.0 Å². The fraction of sp³-hybridized carbons (Fsp3) is 0.643. The Bertz CT molecular complexity index is 589. The summed E-state index contributed by atoms with van der Waals surface area (Å²) in [5, 5.41) is 3.05. The van der Waals surface area contributed by atoms with Crippen molar-refractivity contribution in [3.8, 4) is 0 Å². The molecular formula is C14H20ClNO3S2. The number of carbonyl (C=O) groups is 1. The molecule has 0 aliphatic heterocycles. The van der Waals surface area contributed by atoms with Crippen molar-refractivity contribution in [3.63, 3.8) is 0 Å². The molecule has 7 heteroatoms. The van der Waals surface area contributed by atoms with Gasteiger partial charge in [0.15, 0.2) is 0 Å². The first-order chi connectivity index (χ1) is 9.88. The summed E-state index contributed by atoms with van der Waals surface area (Å²) >= 11 is 1.05. The van der Waals surface area contributed by atoms with E-state index in [4.69, 9.17) is 10.7 Å². The highest BCUT2D eigenvalue weighted by molar-refractivity contribution is 8.15. The summed E-state index contributed by atoms with van der Waals surface area (Å²) in [6, 6.07) is 3.35. The summed E-state index contributed by atoms with van der Waals surface area (Å²) in [4.78, 5) is 12.7. The third-order valence-corrected chi connectivity index (χ3v) is 7.18. The number of thiophene rings is 1. The Hall–Kier alpha value is -0.590. The third-order valence-electron chi connectivity index (χ3n) is 4.00. The van der Waals surface area contributed by atoms with Crippen molar-refractivity contribution in [3.05, 3.63) is 17.0 Å². The van der Waals surface area contributed by atoms with Gasteiger partial charge >= 0.3 is 0 Å². The molecule has 0 spiro atoms. The highest BCUT2D eigenvalue weighted by Gasteiger charge is 2.22. The van der Waals surface area contributed by atoms with Crippen molar-refractivity contribution in [2.45, 2.75) is 55.7 Å². The van der Waals surface area contributed by atoms with E-state index in [9.17, 15) is 13.2 Å². The number of rotatable bonds is 5. The van der Waals surface area contributed by atoms with Crippen molar-refractivity contribution < 1.29 is 13.2 Å². The minimum Gasteiger partial charge on any atom is -0.353 e. The normalized spacial score (nSPS) is 23.0. The second-order valence-corrected chi connectivity index (χ2v) is 9.49. The summed E-state index contributed by atoms with van der Waals surface area (Å²) in [6.07, 6.45) is 5.85. The average molecular weight is 350 g/mol. The Morgan fingerprint density at radius 3 is 2.52 bits per heavy atom. The van der Waals surface area contributed by atoms with Gasteiger partial charge in [0.25, 0.3) is 9.05 Å². The first-order valence-electron chi connectivity index (χ1n) is 7.21. The summed E-state index contributed by atoms with van der Waals surface area (Å²) in [7, 11) is 1.58.